The Labute approximate surface area is 174 Å². The topological polar surface area (TPSA) is 114 Å². The number of nitro groups is 1. The van der Waals surface area contributed by atoms with Crippen molar-refractivity contribution in [1.29, 1.82) is 0 Å². The highest BCUT2D eigenvalue weighted by Gasteiger charge is 2.19. The molecule has 1 aromatic carbocycles. The van der Waals surface area contributed by atoms with Gasteiger partial charge in [-0.15, -0.1) is 24.0 Å². The molecule has 2 heterocycles. The molecule has 10 heteroatoms. The second-order valence-electron chi connectivity index (χ2n) is 5.94. The highest BCUT2D eigenvalue weighted by atomic mass is 127. The molecule has 1 aliphatic rings. The predicted molar refractivity (Wildman–Crippen MR) is 115 cm³/mol. The minimum absolute atomic E-state index is 0. The molecule has 0 atom stereocenters. The molecule has 1 aromatic heterocycles. The van der Waals surface area contributed by atoms with E-state index in [1.165, 1.54) is 6.07 Å². The van der Waals surface area contributed by atoms with Crippen molar-refractivity contribution in [3.8, 4) is 0 Å². The van der Waals surface area contributed by atoms with Gasteiger partial charge in [-0.2, -0.15) is 0 Å². The van der Waals surface area contributed by atoms with Crippen LogP contribution in [-0.4, -0.2) is 58.5 Å². The maximum Gasteiger partial charge on any atom is 0.269 e. The number of hydrogen-bond donors (Lipinski definition) is 1. The number of nitro benzene ring substituents is 1. The van der Waals surface area contributed by atoms with Crippen molar-refractivity contribution in [2.75, 3.05) is 37.6 Å². The molecule has 0 saturated carbocycles. The lowest BCUT2D eigenvalue weighted by Gasteiger charge is -2.35. The number of benzene rings is 1. The third kappa shape index (κ3) is 5.74. The zero-order chi connectivity index (χ0) is 18.4. The Morgan fingerprint density at radius 3 is 2.56 bits per heavy atom. The van der Waals surface area contributed by atoms with Crippen molar-refractivity contribution in [3.63, 3.8) is 0 Å². The zero-order valence-corrected chi connectivity index (χ0v) is 17.1. The molecule has 2 aromatic rings. The number of rotatable bonds is 5. The van der Waals surface area contributed by atoms with E-state index in [0.29, 0.717) is 18.9 Å². The van der Waals surface area contributed by atoms with Gasteiger partial charge in [-0.25, -0.2) is 9.97 Å². The first-order valence-electron chi connectivity index (χ1n) is 8.43. The van der Waals surface area contributed by atoms with E-state index in [4.69, 9.17) is 5.73 Å². The zero-order valence-electron chi connectivity index (χ0n) is 14.8. The molecule has 0 aliphatic carbocycles. The molecule has 3 rings (SSSR count). The summed E-state index contributed by atoms with van der Waals surface area (Å²) in [7, 11) is 0. The van der Waals surface area contributed by atoms with Crippen molar-refractivity contribution in [3.05, 3.63) is 58.4 Å². The first-order valence-corrected chi connectivity index (χ1v) is 8.43. The average molecular weight is 483 g/mol. The fourth-order valence-corrected chi connectivity index (χ4v) is 2.82. The fourth-order valence-electron chi connectivity index (χ4n) is 2.82. The summed E-state index contributed by atoms with van der Waals surface area (Å²) < 4.78 is 0. The summed E-state index contributed by atoms with van der Waals surface area (Å²) in [5.74, 6) is 1.23. The molecule has 1 saturated heterocycles. The van der Waals surface area contributed by atoms with E-state index in [-0.39, 0.29) is 29.7 Å². The van der Waals surface area contributed by atoms with Crippen LogP contribution in [0.15, 0.2) is 47.7 Å². The Balaban J connectivity index is 0.00000261. The third-order valence-corrected chi connectivity index (χ3v) is 4.23. The van der Waals surface area contributed by atoms with Gasteiger partial charge in [0.1, 0.15) is 0 Å². The van der Waals surface area contributed by atoms with Gasteiger partial charge in [-0.1, -0.05) is 12.1 Å². The van der Waals surface area contributed by atoms with Gasteiger partial charge >= 0.3 is 0 Å². The Hall–Kier alpha value is -2.50. The maximum atomic E-state index is 10.8. The lowest BCUT2D eigenvalue weighted by molar-refractivity contribution is -0.384. The second-order valence-corrected chi connectivity index (χ2v) is 5.94. The van der Waals surface area contributed by atoms with E-state index in [2.05, 4.69) is 19.9 Å². The molecule has 0 bridgehead atoms. The Morgan fingerprint density at radius 1 is 1.19 bits per heavy atom. The van der Waals surface area contributed by atoms with Crippen molar-refractivity contribution in [2.45, 2.75) is 6.42 Å². The number of nitrogens with two attached hydrogens (primary N) is 1. The molecular formula is C17H22IN7O2. The number of aromatic nitrogens is 2. The van der Waals surface area contributed by atoms with E-state index >= 15 is 0 Å². The number of hydrogen-bond acceptors (Lipinski definition) is 6. The highest BCUT2D eigenvalue weighted by molar-refractivity contribution is 14.0. The molecule has 0 unspecified atom stereocenters. The lowest BCUT2D eigenvalue weighted by Crippen LogP contribution is -2.51. The molecule has 1 fully saturated rings. The van der Waals surface area contributed by atoms with Gasteiger partial charge in [0.05, 0.1) is 4.92 Å². The summed E-state index contributed by atoms with van der Waals surface area (Å²) in [4.78, 5) is 27.5. The molecule has 0 spiro atoms. The van der Waals surface area contributed by atoms with Crippen LogP contribution in [0.1, 0.15) is 5.56 Å². The van der Waals surface area contributed by atoms with Crippen molar-refractivity contribution in [2.24, 2.45) is 10.7 Å². The van der Waals surface area contributed by atoms with Gasteiger partial charge in [-0.05, 0) is 18.1 Å². The summed E-state index contributed by atoms with van der Waals surface area (Å²) in [6, 6.07) is 8.40. The number of piperazine rings is 1. The van der Waals surface area contributed by atoms with E-state index in [1.807, 2.05) is 11.0 Å². The molecular weight excluding hydrogens is 461 g/mol. The first-order chi connectivity index (χ1) is 12.6. The molecule has 27 heavy (non-hydrogen) atoms. The minimum Gasteiger partial charge on any atom is -0.370 e. The Morgan fingerprint density at radius 2 is 1.89 bits per heavy atom. The standard InChI is InChI=1S/C17H21N7O2.HI/c18-16(19-8-5-14-3-1-4-15(13-14)24(25)26)22-9-11-23(12-10-22)17-20-6-2-7-21-17;/h1-4,6-7,13H,5,8-12H2,(H2,18,19);1H. The van der Waals surface area contributed by atoms with Crippen LogP contribution in [0.5, 0.6) is 0 Å². The summed E-state index contributed by atoms with van der Waals surface area (Å²) in [6.45, 7) is 3.57. The third-order valence-electron chi connectivity index (χ3n) is 4.23. The van der Waals surface area contributed by atoms with E-state index in [0.717, 1.165) is 37.7 Å². The maximum absolute atomic E-state index is 10.8. The predicted octanol–water partition coefficient (Wildman–Crippen LogP) is 1.68. The van der Waals surface area contributed by atoms with Gasteiger partial charge in [-0.3, -0.25) is 15.1 Å². The van der Waals surface area contributed by atoms with Crippen LogP contribution in [0.25, 0.3) is 0 Å². The Bertz CT molecular complexity index is 780. The van der Waals surface area contributed by atoms with Crippen molar-refractivity contribution >= 4 is 41.6 Å². The number of nitrogens with zero attached hydrogens (tertiary/aromatic N) is 6. The smallest absolute Gasteiger partial charge is 0.269 e. The molecule has 0 amide bonds. The van der Waals surface area contributed by atoms with Crippen LogP contribution in [-0.2, 0) is 6.42 Å². The molecule has 2 N–H and O–H groups in total. The van der Waals surface area contributed by atoms with Gasteiger partial charge in [0.25, 0.3) is 5.69 Å². The first kappa shape index (κ1) is 20.8. The van der Waals surface area contributed by atoms with E-state index < -0.39 is 4.92 Å². The van der Waals surface area contributed by atoms with Gasteiger partial charge in [0, 0.05) is 57.3 Å². The molecule has 144 valence electrons. The second kappa shape index (κ2) is 10.00. The minimum atomic E-state index is -0.392. The molecule has 1 aliphatic heterocycles. The number of halogens is 1. The van der Waals surface area contributed by atoms with Crippen molar-refractivity contribution in [1.82, 2.24) is 14.9 Å². The van der Waals surface area contributed by atoms with Crippen LogP contribution >= 0.6 is 24.0 Å². The van der Waals surface area contributed by atoms with Gasteiger partial charge in [0.2, 0.25) is 5.95 Å². The Kier molecular flexibility index (Phi) is 7.70. The molecule has 9 nitrogen and oxygen atoms in total. The normalized spacial score (nSPS) is 14.6. The fraction of sp³-hybridized carbons (Fsp3) is 0.353. The highest BCUT2D eigenvalue weighted by Crippen LogP contribution is 2.13. The van der Waals surface area contributed by atoms with E-state index in [1.54, 1.807) is 30.6 Å². The summed E-state index contributed by atoms with van der Waals surface area (Å²) in [6.07, 6.45) is 4.08. The summed E-state index contributed by atoms with van der Waals surface area (Å²) in [5.41, 5.74) is 7.07. The summed E-state index contributed by atoms with van der Waals surface area (Å²) >= 11 is 0. The van der Waals surface area contributed by atoms with Crippen molar-refractivity contribution < 1.29 is 4.92 Å². The van der Waals surface area contributed by atoms with Crippen LogP contribution in [0.2, 0.25) is 0 Å². The van der Waals surface area contributed by atoms with Gasteiger partial charge in [0.15, 0.2) is 5.96 Å². The van der Waals surface area contributed by atoms with Crippen LogP contribution < -0.4 is 10.6 Å². The SMILES string of the molecule is I.NC(=NCCc1cccc([N+](=O)[O-])c1)N1CCN(c2ncccn2)CC1. The summed E-state index contributed by atoms with van der Waals surface area (Å²) in [5, 5.41) is 10.8. The quantitative estimate of drug-likeness (QED) is 0.226. The van der Waals surface area contributed by atoms with Crippen LogP contribution in [0.4, 0.5) is 11.6 Å². The average Bonchev–Trinajstić information content (AvgIpc) is 2.69. The van der Waals surface area contributed by atoms with Crippen LogP contribution in [0.3, 0.4) is 0 Å². The molecule has 0 radical (unpaired) electrons. The number of non-ortho nitro benzene ring substituents is 1. The monoisotopic (exact) mass is 483 g/mol. The number of aliphatic imine (C=N–C) groups is 1. The van der Waals surface area contributed by atoms with Crippen LogP contribution in [0, 0.1) is 10.1 Å². The van der Waals surface area contributed by atoms with Gasteiger partial charge < -0.3 is 15.5 Å². The lowest BCUT2D eigenvalue weighted by atomic mass is 10.1. The largest absolute Gasteiger partial charge is 0.370 e. The number of anilines is 1. The van der Waals surface area contributed by atoms with E-state index in [9.17, 15) is 10.1 Å². The number of guanidine groups is 1.